The summed E-state index contributed by atoms with van der Waals surface area (Å²) in [6, 6.07) is 29.1. The second-order valence-electron chi connectivity index (χ2n) is 11.1. The van der Waals surface area contributed by atoms with Crippen LogP contribution >= 0.6 is 25.3 Å². The minimum atomic E-state index is -0.366. The second kappa shape index (κ2) is 12.1. The van der Waals surface area contributed by atoms with Gasteiger partial charge in [-0.15, -0.1) is 0 Å². The summed E-state index contributed by atoms with van der Waals surface area (Å²) in [4.78, 5) is 4.73. The molecule has 0 aromatic heterocycles. The Morgan fingerprint density at radius 1 is 0.650 bits per heavy atom. The molecule has 4 nitrogen and oxygen atoms in total. The lowest BCUT2D eigenvalue weighted by molar-refractivity contribution is 0.0956. The van der Waals surface area contributed by atoms with Gasteiger partial charge in [-0.25, -0.2) is 0 Å². The van der Waals surface area contributed by atoms with E-state index in [-0.39, 0.29) is 5.41 Å². The Bertz CT molecular complexity index is 1420. The Morgan fingerprint density at radius 2 is 1.15 bits per heavy atom. The maximum Gasteiger partial charge on any atom is 0.142 e. The quantitative estimate of drug-likeness (QED) is 0.165. The molecular weight excluding hydrogens is 533 g/mol. The van der Waals surface area contributed by atoms with Crippen molar-refractivity contribution >= 4 is 36.0 Å². The molecule has 0 spiro atoms. The zero-order valence-corrected chi connectivity index (χ0v) is 25.0. The van der Waals surface area contributed by atoms with Crippen molar-refractivity contribution in [2.24, 2.45) is 0 Å². The largest absolute Gasteiger partial charge is 0.478 e. The molecule has 0 radical (unpaired) electrons. The van der Waals surface area contributed by atoms with Gasteiger partial charge in [0, 0.05) is 42.7 Å². The third-order valence-electron chi connectivity index (χ3n) is 8.46. The van der Waals surface area contributed by atoms with Crippen LogP contribution in [-0.2, 0) is 18.5 Å². The van der Waals surface area contributed by atoms with Gasteiger partial charge in [-0.2, -0.15) is 25.3 Å². The Hall–Kier alpha value is -2.64. The van der Waals surface area contributed by atoms with Crippen LogP contribution in [0.1, 0.15) is 47.6 Å². The van der Waals surface area contributed by atoms with E-state index in [0.29, 0.717) is 13.5 Å². The molecule has 4 aromatic carbocycles. The van der Waals surface area contributed by atoms with Gasteiger partial charge in [0.2, 0.25) is 0 Å². The fourth-order valence-corrected chi connectivity index (χ4v) is 6.36. The molecule has 2 aliphatic rings. The first-order chi connectivity index (χ1) is 19.6. The third kappa shape index (κ3) is 5.47. The highest BCUT2D eigenvalue weighted by atomic mass is 32.1. The van der Waals surface area contributed by atoms with E-state index in [4.69, 9.17) is 9.47 Å². The fraction of sp³-hybridized carbons (Fsp3) is 0.353. The molecule has 0 saturated carbocycles. The van der Waals surface area contributed by atoms with E-state index in [1.165, 1.54) is 38.6 Å². The molecule has 0 unspecified atom stereocenters. The maximum atomic E-state index is 6.16. The molecule has 0 amide bonds. The van der Waals surface area contributed by atoms with Crippen molar-refractivity contribution in [2.75, 3.05) is 38.1 Å². The van der Waals surface area contributed by atoms with E-state index >= 15 is 0 Å². The SMILES string of the molecule is CC(c1ccc2c(c1)CN(CCCS)CO2)(c1ccc2c(c1)CN(CCCS)CO2)c1ccc2ccccc2c1. The molecule has 0 atom stereocenters. The molecule has 0 bridgehead atoms. The zero-order chi connectivity index (χ0) is 27.5. The summed E-state index contributed by atoms with van der Waals surface area (Å²) < 4.78 is 12.3. The van der Waals surface area contributed by atoms with Crippen LogP contribution < -0.4 is 9.47 Å². The van der Waals surface area contributed by atoms with Gasteiger partial charge in [0.15, 0.2) is 0 Å². The van der Waals surface area contributed by atoms with Crippen LogP contribution in [0, 0.1) is 0 Å². The summed E-state index contributed by atoms with van der Waals surface area (Å²) in [6.45, 7) is 7.40. The number of thiol groups is 2. The van der Waals surface area contributed by atoms with Crippen LogP contribution in [-0.4, -0.2) is 47.9 Å². The summed E-state index contributed by atoms with van der Waals surface area (Å²) in [7, 11) is 0. The Balaban J connectivity index is 1.44. The molecule has 6 rings (SSSR count). The molecule has 208 valence electrons. The van der Waals surface area contributed by atoms with E-state index in [1.54, 1.807) is 0 Å². The highest BCUT2D eigenvalue weighted by Crippen LogP contribution is 2.43. The van der Waals surface area contributed by atoms with Gasteiger partial charge in [-0.05, 0) is 89.1 Å². The minimum Gasteiger partial charge on any atom is -0.478 e. The van der Waals surface area contributed by atoms with Crippen molar-refractivity contribution in [1.29, 1.82) is 0 Å². The van der Waals surface area contributed by atoms with Gasteiger partial charge in [0.1, 0.15) is 25.0 Å². The number of rotatable bonds is 9. The number of fused-ring (bicyclic) bond motifs is 3. The first-order valence-electron chi connectivity index (χ1n) is 14.3. The molecule has 6 heteroatoms. The van der Waals surface area contributed by atoms with Crippen LogP contribution in [0.25, 0.3) is 10.8 Å². The highest BCUT2D eigenvalue weighted by Gasteiger charge is 2.34. The van der Waals surface area contributed by atoms with E-state index < -0.39 is 0 Å². The van der Waals surface area contributed by atoms with Crippen molar-refractivity contribution in [2.45, 2.75) is 38.3 Å². The van der Waals surface area contributed by atoms with Crippen molar-refractivity contribution in [3.05, 3.63) is 107 Å². The predicted octanol–water partition coefficient (Wildman–Crippen LogP) is 7.14. The summed E-state index contributed by atoms with van der Waals surface area (Å²) in [6.07, 6.45) is 2.11. The van der Waals surface area contributed by atoms with Crippen LogP contribution in [0.2, 0.25) is 0 Å². The van der Waals surface area contributed by atoms with Crippen LogP contribution in [0.3, 0.4) is 0 Å². The molecule has 2 heterocycles. The molecular formula is C34H38N2O2S2. The molecule has 0 N–H and O–H groups in total. The third-order valence-corrected chi connectivity index (χ3v) is 9.09. The van der Waals surface area contributed by atoms with Gasteiger partial charge < -0.3 is 9.47 Å². The van der Waals surface area contributed by atoms with Crippen LogP contribution in [0.15, 0.2) is 78.9 Å². The van der Waals surface area contributed by atoms with Gasteiger partial charge in [0.25, 0.3) is 0 Å². The topological polar surface area (TPSA) is 24.9 Å². The number of hydrogen-bond acceptors (Lipinski definition) is 6. The van der Waals surface area contributed by atoms with Crippen molar-refractivity contribution in [3.63, 3.8) is 0 Å². The summed E-state index contributed by atoms with van der Waals surface area (Å²) in [5.74, 6) is 3.76. The smallest absolute Gasteiger partial charge is 0.142 e. The van der Waals surface area contributed by atoms with Crippen molar-refractivity contribution in [3.8, 4) is 11.5 Å². The first-order valence-corrected chi connectivity index (χ1v) is 15.5. The molecule has 0 saturated heterocycles. The Labute approximate surface area is 249 Å². The van der Waals surface area contributed by atoms with E-state index in [9.17, 15) is 0 Å². The lowest BCUT2D eigenvalue weighted by Gasteiger charge is -2.36. The van der Waals surface area contributed by atoms with Gasteiger partial charge in [-0.1, -0.05) is 48.5 Å². The number of ether oxygens (including phenoxy) is 2. The molecule has 40 heavy (non-hydrogen) atoms. The maximum absolute atomic E-state index is 6.16. The first kappa shape index (κ1) is 27.5. The van der Waals surface area contributed by atoms with Gasteiger partial charge in [-0.3, -0.25) is 9.80 Å². The molecule has 2 aliphatic heterocycles. The van der Waals surface area contributed by atoms with E-state index in [0.717, 1.165) is 62.0 Å². The van der Waals surface area contributed by atoms with Gasteiger partial charge in [0.05, 0.1) is 0 Å². The highest BCUT2D eigenvalue weighted by molar-refractivity contribution is 7.80. The fourth-order valence-electron chi connectivity index (χ4n) is 6.08. The molecule has 0 fully saturated rings. The number of nitrogens with zero attached hydrogens (tertiary/aromatic N) is 2. The Kier molecular flexibility index (Phi) is 8.31. The van der Waals surface area contributed by atoms with E-state index in [2.05, 4.69) is 121 Å². The normalized spacial score (nSPS) is 15.8. The Morgan fingerprint density at radius 3 is 1.70 bits per heavy atom. The average molecular weight is 571 g/mol. The standard InChI is InChI=1S/C34H38N2O2S2/c1-34(29-9-8-25-6-2-3-7-26(25)18-29,30-10-12-32-27(19-30)21-35(23-37-32)14-4-16-39)31-11-13-33-28(20-31)22-36(24-38-33)15-5-17-40/h2-3,6-13,18-20,39-40H,4-5,14-17,21-24H2,1H3. The van der Waals surface area contributed by atoms with Crippen molar-refractivity contribution < 1.29 is 9.47 Å². The minimum absolute atomic E-state index is 0.366. The van der Waals surface area contributed by atoms with Crippen LogP contribution in [0.4, 0.5) is 0 Å². The number of hydrogen-bond donors (Lipinski definition) is 2. The summed E-state index contributed by atoms with van der Waals surface area (Å²) in [5.41, 5.74) is 5.94. The average Bonchev–Trinajstić information content (AvgIpc) is 3.01. The summed E-state index contributed by atoms with van der Waals surface area (Å²) in [5, 5.41) is 2.51. The van der Waals surface area contributed by atoms with Gasteiger partial charge >= 0.3 is 0 Å². The molecule has 0 aliphatic carbocycles. The zero-order valence-electron chi connectivity index (χ0n) is 23.2. The van der Waals surface area contributed by atoms with E-state index in [1.807, 2.05) is 0 Å². The predicted molar refractivity (Wildman–Crippen MR) is 171 cm³/mol. The van der Waals surface area contributed by atoms with Crippen molar-refractivity contribution in [1.82, 2.24) is 9.80 Å². The van der Waals surface area contributed by atoms with Crippen LogP contribution in [0.5, 0.6) is 11.5 Å². The number of benzene rings is 4. The second-order valence-corrected chi connectivity index (χ2v) is 12.0. The lowest BCUT2D eigenvalue weighted by Crippen LogP contribution is -2.34. The summed E-state index contributed by atoms with van der Waals surface area (Å²) >= 11 is 8.82. The molecule has 4 aromatic rings. The lowest BCUT2D eigenvalue weighted by atomic mass is 9.70. The monoisotopic (exact) mass is 570 g/mol.